The summed E-state index contributed by atoms with van der Waals surface area (Å²) >= 11 is 0. The van der Waals surface area contributed by atoms with Crippen LogP contribution in [0.4, 0.5) is 15.3 Å². The fraction of sp³-hybridized carbons (Fsp3) is 0.517. The summed E-state index contributed by atoms with van der Waals surface area (Å²) in [5, 5.41) is 2.27. The molecule has 11 heteroatoms. The topological polar surface area (TPSA) is 127 Å². The summed E-state index contributed by atoms with van der Waals surface area (Å²) in [6.07, 6.45) is 7.72. The maximum Gasteiger partial charge on any atom is 0.332 e. The first-order chi connectivity index (χ1) is 19.1. The number of unbranched alkanes of at least 4 members (excludes halogenated alkanes) is 4. The van der Waals surface area contributed by atoms with Gasteiger partial charge in [-0.25, -0.2) is 9.59 Å². The largest absolute Gasteiger partial charge is 0.367 e. The first kappa shape index (κ1) is 27.5. The van der Waals surface area contributed by atoms with Crippen LogP contribution >= 0.6 is 0 Å². The van der Waals surface area contributed by atoms with Gasteiger partial charge in [-0.2, -0.15) is 0 Å². The number of barbiturate groups is 2. The van der Waals surface area contributed by atoms with Gasteiger partial charge in [0, 0.05) is 32.9 Å². The summed E-state index contributed by atoms with van der Waals surface area (Å²) < 4.78 is 0. The minimum atomic E-state index is -1.44. The molecule has 0 aromatic heterocycles. The molecule has 1 aromatic carbocycles. The van der Waals surface area contributed by atoms with Gasteiger partial charge < -0.3 is 4.90 Å². The Bertz CT molecular complexity index is 1310. The minimum absolute atomic E-state index is 0.0999. The number of imide groups is 4. The second-order valence-electron chi connectivity index (χ2n) is 11.1. The van der Waals surface area contributed by atoms with E-state index in [1.165, 1.54) is 20.2 Å². The second kappa shape index (κ2) is 10.5. The number of carbonyl (C=O) groups excluding carboxylic acids is 6. The molecule has 0 aliphatic carbocycles. The maximum atomic E-state index is 13.6. The lowest BCUT2D eigenvalue weighted by Gasteiger charge is -2.50. The number of nitrogens with zero attached hydrogens (tertiary/aromatic N) is 4. The fourth-order valence-electron chi connectivity index (χ4n) is 6.56. The van der Waals surface area contributed by atoms with Crippen molar-refractivity contribution in [3.05, 3.63) is 34.9 Å². The Morgan fingerprint density at radius 1 is 0.975 bits per heavy atom. The molecular formula is C29H35N5O6. The van der Waals surface area contributed by atoms with Crippen molar-refractivity contribution in [3.8, 4) is 0 Å². The molecule has 3 saturated heterocycles. The molecule has 8 amide bonds. The number of amides is 8. The van der Waals surface area contributed by atoms with E-state index in [-0.39, 0.29) is 24.6 Å². The van der Waals surface area contributed by atoms with Crippen molar-refractivity contribution in [2.24, 2.45) is 5.41 Å². The zero-order valence-corrected chi connectivity index (χ0v) is 23.2. The Hall–Kier alpha value is -4.02. The molecule has 5 rings (SSSR count). The molecule has 1 unspecified atom stereocenters. The SMILES string of the molecule is CCCCCCCN1C(=O)NC(=O)C(=Cc2ccc3c(c2)CC2(C(=O)N(C)C(=O)N(C)C2=O)C2CCCN32)C1=O. The van der Waals surface area contributed by atoms with Crippen molar-refractivity contribution in [3.63, 3.8) is 0 Å². The van der Waals surface area contributed by atoms with Gasteiger partial charge in [0.2, 0.25) is 11.8 Å². The number of hydrogen-bond acceptors (Lipinski definition) is 7. The zero-order chi connectivity index (χ0) is 28.8. The lowest BCUT2D eigenvalue weighted by atomic mass is 9.68. The third kappa shape index (κ3) is 4.28. The van der Waals surface area contributed by atoms with E-state index in [0.717, 1.165) is 58.1 Å². The van der Waals surface area contributed by atoms with E-state index < -0.39 is 41.1 Å². The van der Waals surface area contributed by atoms with Gasteiger partial charge in [-0.05, 0) is 55.0 Å². The quantitative estimate of drug-likeness (QED) is 0.240. The van der Waals surface area contributed by atoms with Gasteiger partial charge in [-0.15, -0.1) is 0 Å². The Morgan fingerprint density at radius 3 is 2.38 bits per heavy atom. The van der Waals surface area contributed by atoms with Crippen LogP contribution in [0.15, 0.2) is 23.8 Å². The van der Waals surface area contributed by atoms with Crippen LogP contribution in [0.3, 0.4) is 0 Å². The number of carbonyl (C=O) groups is 6. The molecular weight excluding hydrogens is 514 g/mol. The second-order valence-corrected chi connectivity index (χ2v) is 11.1. The van der Waals surface area contributed by atoms with E-state index in [4.69, 9.17) is 0 Å². The van der Waals surface area contributed by atoms with Crippen LogP contribution in [0.5, 0.6) is 0 Å². The van der Waals surface area contributed by atoms with Crippen LogP contribution < -0.4 is 10.2 Å². The number of rotatable bonds is 7. The molecule has 1 aromatic rings. The van der Waals surface area contributed by atoms with E-state index in [1.54, 1.807) is 12.1 Å². The standard InChI is InChI=1S/C29H35N5O6/c1-4-5-6-7-8-13-34-24(36)20(23(35)30-27(34)39)16-18-11-12-21-19(15-18)17-29(22-10-9-14-33(21)22)25(37)31(2)28(40)32(3)26(29)38/h11-12,15-16,22H,4-10,13-14,17H2,1-3H3,(H,30,35,39). The van der Waals surface area contributed by atoms with E-state index >= 15 is 0 Å². The molecule has 4 aliphatic heterocycles. The van der Waals surface area contributed by atoms with Crippen LogP contribution in [-0.2, 0) is 25.6 Å². The molecule has 4 heterocycles. The van der Waals surface area contributed by atoms with Crippen molar-refractivity contribution in [2.75, 3.05) is 32.1 Å². The normalized spacial score (nSPS) is 23.4. The number of fused-ring (bicyclic) bond motifs is 4. The van der Waals surface area contributed by atoms with Gasteiger partial charge in [0.15, 0.2) is 5.41 Å². The molecule has 1 spiro atoms. The molecule has 4 aliphatic rings. The summed E-state index contributed by atoms with van der Waals surface area (Å²) in [5.41, 5.74) is 0.564. The predicted molar refractivity (Wildman–Crippen MR) is 146 cm³/mol. The highest BCUT2D eigenvalue weighted by Crippen LogP contribution is 2.49. The third-order valence-corrected chi connectivity index (χ3v) is 8.63. The number of anilines is 1. The minimum Gasteiger partial charge on any atom is -0.367 e. The molecule has 3 fully saturated rings. The summed E-state index contributed by atoms with van der Waals surface area (Å²) in [5.74, 6) is -2.42. The Kier molecular flexibility index (Phi) is 7.24. The smallest absolute Gasteiger partial charge is 0.332 e. The van der Waals surface area contributed by atoms with Crippen LogP contribution in [0.1, 0.15) is 63.0 Å². The number of urea groups is 2. The van der Waals surface area contributed by atoms with Crippen molar-refractivity contribution in [1.82, 2.24) is 20.0 Å². The predicted octanol–water partition coefficient (Wildman–Crippen LogP) is 2.68. The van der Waals surface area contributed by atoms with Crippen LogP contribution in [0.2, 0.25) is 0 Å². The molecule has 40 heavy (non-hydrogen) atoms. The van der Waals surface area contributed by atoms with Crippen molar-refractivity contribution in [1.29, 1.82) is 0 Å². The van der Waals surface area contributed by atoms with Gasteiger partial charge in [-0.3, -0.25) is 39.2 Å². The van der Waals surface area contributed by atoms with E-state index in [9.17, 15) is 28.8 Å². The summed E-state index contributed by atoms with van der Waals surface area (Å²) in [6, 6.07) is 3.71. The summed E-state index contributed by atoms with van der Waals surface area (Å²) in [7, 11) is 2.80. The Morgan fingerprint density at radius 2 is 1.68 bits per heavy atom. The number of benzene rings is 1. The van der Waals surface area contributed by atoms with E-state index in [2.05, 4.69) is 17.1 Å². The fourth-order valence-corrected chi connectivity index (χ4v) is 6.56. The lowest BCUT2D eigenvalue weighted by Crippen LogP contribution is -2.70. The van der Waals surface area contributed by atoms with E-state index in [1.807, 2.05) is 6.07 Å². The van der Waals surface area contributed by atoms with Crippen molar-refractivity contribution >= 4 is 47.5 Å². The monoisotopic (exact) mass is 549 g/mol. The van der Waals surface area contributed by atoms with Gasteiger partial charge in [-0.1, -0.05) is 38.7 Å². The van der Waals surface area contributed by atoms with Crippen LogP contribution in [0, 0.1) is 5.41 Å². The number of nitrogens with one attached hydrogen (secondary N) is 1. The van der Waals surface area contributed by atoms with Gasteiger partial charge in [0.25, 0.3) is 11.8 Å². The van der Waals surface area contributed by atoms with Gasteiger partial charge in [0.1, 0.15) is 5.57 Å². The van der Waals surface area contributed by atoms with Gasteiger partial charge >= 0.3 is 12.1 Å². The average Bonchev–Trinajstić information content (AvgIpc) is 3.44. The van der Waals surface area contributed by atoms with Crippen molar-refractivity contribution in [2.45, 2.75) is 64.3 Å². The molecule has 0 bridgehead atoms. The van der Waals surface area contributed by atoms with Crippen molar-refractivity contribution < 1.29 is 28.8 Å². The highest BCUT2D eigenvalue weighted by molar-refractivity contribution is 6.31. The first-order valence-corrected chi connectivity index (χ1v) is 14.0. The van der Waals surface area contributed by atoms with Gasteiger partial charge in [0.05, 0.1) is 6.04 Å². The Labute approximate surface area is 233 Å². The van der Waals surface area contributed by atoms with Crippen LogP contribution in [-0.4, -0.2) is 83.6 Å². The lowest BCUT2D eigenvalue weighted by molar-refractivity contribution is -0.159. The number of hydrogen-bond donors (Lipinski definition) is 1. The third-order valence-electron chi connectivity index (χ3n) is 8.63. The summed E-state index contributed by atoms with van der Waals surface area (Å²) in [6.45, 7) is 3.00. The maximum absolute atomic E-state index is 13.6. The highest BCUT2D eigenvalue weighted by atomic mass is 16.2. The molecule has 1 atom stereocenters. The summed E-state index contributed by atoms with van der Waals surface area (Å²) in [4.78, 5) is 83.1. The van der Waals surface area contributed by atoms with Crippen LogP contribution in [0.25, 0.3) is 6.08 Å². The van der Waals surface area contributed by atoms with E-state index in [0.29, 0.717) is 24.9 Å². The molecule has 212 valence electrons. The molecule has 11 nitrogen and oxygen atoms in total. The zero-order valence-electron chi connectivity index (χ0n) is 23.2. The average molecular weight is 550 g/mol. The molecule has 0 radical (unpaired) electrons. The first-order valence-electron chi connectivity index (χ1n) is 14.0. The Balaban J connectivity index is 1.46. The molecule has 1 N–H and O–H groups in total. The molecule has 0 saturated carbocycles. The highest BCUT2D eigenvalue weighted by Gasteiger charge is 2.63.